The first kappa shape index (κ1) is 14.7. The van der Waals surface area contributed by atoms with Crippen molar-refractivity contribution in [1.82, 2.24) is 9.80 Å². The van der Waals surface area contributed by atoms with Crippen LogP contribution in [0.1, 0.15) is 12.8 Å². The van der Waals surface area contributed by atoms with Crippen LogP contribution < -0.4 is 5.32 Å². The lowest BCUT2D eigenvalue weighted by Gasteiger charge is -2.36. The van der Waals surface area contributed by atoms with Gasteiger partial charge in [0.25, 0.3) is 5.91 Å². The molecule has 1 atom stereocenters. The molecule has 114 valence electrons. The average Bonchev–Trinajstić information content (AvgIpc) is 3.20. The summed E-state index contributed by atoms with van der Waals surface area (Å²) in [5, 5.41) is 7.05. The molecule has 3 heterocycles. The Balaban J connectivity index is 1.48. The number of thiophene rings is 1. The molecular weight excluding hydrogens is 306 g/mol. The molecule has 21 heavy (non-hydrogen) atoms. The van der Waals surface area contributed by atoms with Crippen molar-refractivity contribution in [3.8, 4) is 0 Å². The maximum atomic E-state index is 12.3. The fourth-order valence-electron chi connectivity index (χ4n) is 2.64. The van der Waals surface area contributed by atoms with Gasteiger partial charge in [0.2, 0.25) is 0 Å². The van der Waals surface area contributed by atoms with Crippen molar-refractivity contribution in [1.29, 1.82) is 0 Å². The van der Waals surface area contributed by atoms with Crippen molar-refractivity contribution < 1.29 is 9.53 Å². The summed E-state index contributed by atoms with van der Waals surface area (Å²) in [5.74, 6) is 0.143. The Labute approximate surface area is 133 Å². The quantitative estimate of drug-likeness (QED) is 0.840. The minimum absolute atomic E-state index is 0.143. The van der Waals surface area contributed by atoms with Gasteiger partial charge >= 0.3 is 0 Å². The summed E-state index contributed by atoms with van der Waals surface area (Å²) in [5.41, 5.74) is 0. The maximum Gasteiger partial charge on any atom is 0.251 e. The minimum atomic E-state index is -0.215. The first-order valence-electron chi connectivity index (χ1n) is 7.24. The van der Waals surface area contributed by atoms with E-state index in [0.717, 1.165) is 36.0 Å². The Morgan fingerprint density at radius 3 is 2.71 bits per heavy atom. The van der Waals surface area contributed by atoms with Gasteiger partial charge in [-0.1, -0.05) is 0 Å². The molecule has 3 rings (SSSR count). The number of hydrogen-bond acceptors (Lipinski definition) is 4. The summed E-state index contributed by atoms with van der Waals surface area (Å²) in [6.45, 7) is 3.69. The largest absolute Gasteiger partial charge is 0.368 e. The zero-order valence-corrected chi connectivity index (χ0v) is 13.4. The predicted molar refractivity (Wildman–Crippen MR) is 87.7 cm³/mol. The minimum Gasteiger partial charge on any atom is -0.368 e. The Hall–Kier alpha value is -1.18. The maximum absolute atomic E-state index is 12.3. The molecule has 7 heteroatoms. The molecule has 0 aliphatic carbocycles. The van der Waals surface area contributed by atoms with Gasteiger partial charge in [0.05, 0.1) is 5.00 Å². The molecule has 5 nitrogen and oxygen atoms in total. The van der Waals surface area contributed by atoms with Gasteiger partial charge in [-0.15, -0.1) is 11.3 Å². The van der Waals surface area contributed by atoms with E-state index in [2.05, 4.69) is 10.2 Å². The van der Waals surface area contributed by atoms with Crippen molar-refractivity contribution in [3.05, 3.63) is 17.5 Å². The number of nitrogens with zero attached hydrogens (tertiary/aromatic N) is 2. The number of anilines is 1. The first-order chi connectivity index (χ1) is 10.2. The van der Waals surface area contributed by atoms with Crippen molar-refractivity contribution >= 4 is 39.6 Å². The third-order valence-electron chi connectivity index (χ3n) is 3.83. The molecular formula is C14H19N3O2S2. The second-order valence-corrected chi connectivity index (χ2v) is 6.56. The van der Waals surface area contributed by atoms with Crippen LogP contribution in [0.2, 0.25) is 0 Å². The van der Waals surface area contributed by atoms with Crippen LogP contribution in [0.5, 0.6) is 0 Å². The van der Waals surface area contributed by atoms with E-state index in [1.54, 1.807) is 11.3 Å². The number of carbonyl (C=O) groups is 1. The zero-order valence-electron chi connectivity index (χ0n) is 11.8. The van der Waals surface area contributed by atoms with Gasteiger partial charge in [-0.05, 0) is 42.6 Å². The van der Waals surface area contributed by atoms with Crippen LogP contribution in [0.3, 0.4) is 0 Å². The third-order valence-corrected chi connectivity index (χ3v) is 4.98. The number of amides is 1. The Bertz CT molecular complexity index is 492. The molecule has 1 N–H and O–H groups in total. The smallest absolute Gasteiger partial charge is 0.251 e. The van der Waals surface area contributed by atoms with Crippen LogP contribution in [0.15, 0.2) is 17.5 Å². The summed E-state index contributed by atoms with van der Waals surface area (Å²) in [6, 6.07) is 4.00. The molecule has 1 unspecified atom stereocenters. The van der Waals surface area contributed by atoms with Crippen LogP contribution in [0.25, 0.3) is 0 Å². The molecule has 0 aromatic carbocycles. The van der Waals surface area contributed by atoms with Gasteiger partial charge < -0.3 is 19.9 Å². The van der Waals surface area contributed by atoms with Crippen molar-refractivity contribution in [2.75, 3.05) is 38.1 Å². The van der Waals surface area contributed by atoms with Crippen LogP contribution in [-0.2, 0) is 9.53 Å². The topological polar surface area (TPSA) is 44.8 Å². The highest BCUT2D eigenvalue weighted by atomic mass is 32.1. The average molecular weight is 325 g/mol. The van der Waals surface area contributed by atoms with Gasteiger partial charge in [-0.25, -0.2) is 0 Å². The number of piperazine rings is 1. The van der Waals surface area contributed by atoms with Gasteiger partial charge in [-0.2, -0.15) is 0 Å². The van der Waals surface area contributed by atoms with Crippen LogP contribution in [0, 0.1) is 0 Å². The Morgan fingerprint density at radius 1 is 1.33 bits per heavy atom. The fraction of sp³-hybridized carbons (Fsp3) is 0.571. The first-order valence-corrected chi connectivity index (χ1v) is 8.52. The summed E-state index contributed by atoms with van der Waals surface area (Å²) in [7, 11) is 0. The zero-order chi connectivity index (χ0) is 14.7. The highest BCUT2D eigenvalue weighted by molar-refractivity contribution is 7.80. The highest BCUT2D eigenvalue weighted by Crippen LogP contribution is 2.18. The van der Waals surface area contributed by atoms with E-state index < -0.39 is 0 Å². The molecule has 1 aromatic rings. The molecule has 0 spiro atoms. The lowest BCUT2D eigenvalue weighted by molar-refractivity contribution is -0.142. The van der Waals surface area contributed by atoms with E-state index >= 15 is 0 Å². The third kappa shape index (κ3) is 3.53. The second kappa shape index (κ2) is 6.72. The number of nitrogens with one attached hydrogen (secondary N) is 1. The lowest BCUT2D eigenvalue weighted by Crippen LogP contribution is -2.53. The summed E-state index contributed by atoms with van der Waals surface area (Å²) in [4.78, 5) is 16.3. The molecule has 2 aliphatic heterocycles. The van der Waals surface area contributed by atoms with Crippen LogP contribution in [0.4, 0.5) is 5.00 Å². The fourth-order valence-corrected chi connectivity index (χ4v) is 3.61. The van der Waals surface area contributed by atoms with Crippen molar-refractivity contribution in [2.45, 2.75) is 18.9 Å². The van der Waals surface area contributed by atoms with Gasteiger partial charge in [0.1, 0.15) is 6.10 Å². The standard InChI is InChI=1S/C14H19N3O2S2/c18-13(11-3-1-9-19-11)16-5-7-17(8-6-16)14(20)15-12-4-2-10-21-12/h2,4,10-11H,1,3,5-9H2,(H,15,20). The van der Waals surface area contributed by atoms with Crippen LogP contribution in [-0.4, -0.2) is 59.7 Å². The summed E-state index contributed by atoms with van der Waals surface area (Å²) < 4.78 is 5.47. The molecule has 2 saturated heterocycles. The second-order valence-electron chi connectivity index (χ2n) is 5.22. The van der Waals surface area contributed by atoms with Crippen LogP contribution >= 0.6 is 23.6 Å². The number of rotatable bonds is 2. The molecule has 1 aromatic heterocycles. The van der Waals surface area contributed by atoms with Gasteiger partial charge in [-0.3, -0.25) is 4.79 Å². The molecule has 2 aliphatic rings. The normalized spacial score (nSPS) is 22.4. The number of ether oxygens (including phenoxy) is 1. The monoisotopic (exact) mass is 325 g/mol. The molecule has 1 amide bonds. The number of carbonyl (C=O) groups excluding carboxylic acids is 1. The van der Waals surface area contributed by atoms with E-state index in [9.17, 15) is 4.79 Å². The number of hydrogen-bond donors (Lipinski definition) is 1. The van der Waals surface area contributed by atoms with Crippen molar-refractivity contribution in [2.24, 2.45) is 0 Å². The summed E-state index contributed by atoms with van der Waals surface area (Å²) >= 11 is 7.06. The van der Waals surface area contributed by atoms with E-state index in [1.807, 2.05) is 22.4 Å². The molecule has 0 radical (unpaired) electrons. The Kier molecular flexibility index (Phi) is 4.72. The lowest BCUT2D eigenvalue weighted by atomic mass is 10.2. The van der Waals surface area contributed by atoms with E-state index in [-0.39, 0.29) is 12.0 Å². The SMILES string of the molecule is O=C(C1CCCO1)N1CCN(C(=S)Nc2cccs2)CC1. The molecule has 2 fully saturated rings. The highest BCUT2D eigenvalue weighted by Gasteiger charge is 2.30. The van der Waals surface area contributed by atoms with E-state index in [0.29, 0.717) is 19.7 Å². The van der Waals surface area contributed by atoms with E-state index in [4.69, 9.17) is 17.0 Å². The Morgan fingerprint density at radius 2 is 2.10 bits per heavy atom. The summed E-state index contributed by atoms with van der Waals surface area (Å²) in [6.07, 6.45) is 1.63. The van der Waals surface area contributed by atoms with Crippen molar-refractivity contribution in [3.63, 3.8) is 0 Å². The predicted octanol–water partition coefficient (Wildman–Crippen LogP) is 1.77. The molecule has 0 saturated carbocycles. The number of thiocarbonyl (C=S) groups is 1. The van der Waals surface area contributed by atoms with Gasteiger partial charge in [0.15, 0.2) is 5.11 Å². The van der Waals surface area contributed by atoms with Gasteiger partial charge in [0, 0.05) is 32.8 Å². The van der Waals surface area contributed by atoms with E-state index in [1.165, 1.54) is 0 Å². The molecule has 0 bridgehead atoms.